The zero-order valence-electron chi connectivity index (χ0n) is 22.6. The number of aryl methyl sites for hydroxylation is 2. The molecule has 8 heteroatoms. The largest absolute Gasteiger partial charge is 0.489 e. The average Bonchev–Trinajstić information content (AvgIpc) is 2.96. The van der Waals surface area contributed by atoms with Crippen molar-refractivity contribution in [2.75, 3.05) is 6.61 Å². The van der Waals surface area contributed by atoms with Gasteiger partial charge in [0.2, 0.25) is 0 Å². The van der Waals surface area contributed by atoms with Gasteiger partial charge < -0.3 is 18.9 Å². The Labute approximate surface area is 236 Å². The van der Waals surface area contributed by atoms with Crippen LogP contribution in [0.15, 0.2) is 72.8 Å². The number of nitrogens with zero attached hydrogens (tertiary/aromatic N) is 2. The van der Waals surface area contributed by atoms with Gasteiger partial charge in [-0.05, 0) is 105 Å². The summed E-state index contributed by atoms with van der Waals surface area (Å²) in [5.74, 6) is -0.0274. The third-order valence-electron chi connectivity index (χ3n) is 6.38. The van der Waals surface area contributed by atoms with Crippen LogP contribution in [0, 0.1) is 36.5 Å². The smallest absolute Gasteiger partial charge is 0.343 e. The summed E-state index contributed by atoms with van der Waals surface area (Å²) in [4.78, 5) is 26.4. The van der Waals surface area contributed by atoms with Gasteiger partial charge in [0.05, 0.1) is 45.5 Å². The number of carbonyl (C=O) groups excluding carboxylic acids is 2. The zero-order valence-corrected chi connectivity index (χ0v) is 22.6. The van der Waals surface area contributed by atoms with Crippen molar-refractivity contribution >= 4 is 11.9 Å². The van der Waals surface area contributed by atoms with Gasteiger partial charge in [-0.2, -0.15) is 10.5 Å². The van der Waals surface area contributed by atoms with Gasteiger partial charge in [-0.1, -0.05) is 0 Å². The van der Waals surface area contributed by atoms with Gasteiger partial charge in [-0.15, -0.1) is 0 Å². The SMILES string of the molecule is Cc1cc2c(c(OC(=O)c3ccc(C#N)cc3)c1)-c1c(OC(=O)c3ccc(C#N)cc3)cc(C)cc1OC(C)CO2. The van der Waals surface area contributed by atoms with Gasteiger partial charge in [0.25, 0.3) is 0 Å². The van der Waals surface area contributed by atoms with Crippen LogP contribution in [0.5, 0.6) is 23.0 Å². The summed E-state index contributed by atoms with van der Waals surface area (Å²) in [6.07, 6.45) is -0.337. The molecular weight excluding hydrogens is 520 g/mol. The minimum atomic E-state index is -0.636. The molecule has 0 radical (unpaired) electrons. The molecule has 0 bridgehead atoms. The lowest BCUT2D eigenvalue weighted by Crippen LogP contribution is -2.24. The lowest BCUT2D eigenvalue weighted by molar-refractivity contribution is 0.0720. The molecular formula is C33H24N2O6. The number of carbonyl (C=O) groups is 2. The summed E-state index contributed by atoms with van der Waals surface area (Å²) in [5.41, 5.74) is 3.69. The van der Waals surface area contributed by atoms with E-state index >= 15 is 0 Å². The molecule has 0 aromatic heterocycles. The molecule has 0 aliphatic carbocycles. The Balaban J connectivity index is 1.64. The minimum Gasteiger partial charge on any atom is -0.489 e. The van der Waals surface area contributed by atoms with E-state index in [1.807, 2.05) is 45.0 Å². The van der Waals surface area contributed by atoms with Crippen molar-refractivity contribution in [3.8, 4) is 46.3 Å². The molecule has 1 aliphatic rings. The molecule has 8 nitrogen and oxygen atoms in total. The first-order chi connectivity index (χ1) is 19.7. The number of hydrogen-bond acceptors (Lipinski definition) is 8. The fraction of sp³-hybridized carbons (Fsp3) is 0.152. The summed E-state index contributed by atoms with van der Waals surface area (Å²) >= 11 is 0. The monoisotopic (exact) mass is 544 g/mol. The Morgan fingerprint density at radius 1 is 0.732 bits per heavy atom. The van der Waals surface area contributed by atoms with Crippen LogP contribution in [0.4, 0.5) is 0 Å². The number of ether oxygens (including phenoxy) is 4. The number of fused-ring (bicyclic) bond motifs is 3. The van der Waals surface area contributed by atoms with E-state index in [2.05, 4.69) is 0 Å². The molecule has 0 N–H and O–H groups in total. The normalized spacial score (nSPS) is 13.4. The van der Waals surface area contributed by atoms with Gasteiger partial charge in [0.15, 0.2) is 0 Å². The second-order valence-electron chi connectivity index (χ2n) is 9.67. The van der Waals surface area contributed by atoms with Crippen molar-refractivity contribution < 1.29 is 28.5 Å². The van der Waals surface area contributed by atoms with Gasteiger partial charge in [-0.25, -0.2) is 9.59 Å². The van der Waals surface area contributed by atoms with Crippen molar-refractivity contribution in [1.29, 1.82) is 10.5 Å². The van der Waals surface area contributed by atoms with Crippen LogP contribution in [0.2, 0.25) is 0 Å². The standard InChI is InChI=1S/C33H24N2O6/c1-19-12-26-30(28(14-19)40-32(36)24-8-4-22(16-34)5-9-24)31-27(39-21(3)18-38-26)13-20(2)15-29(31)41-33(37)25-10-6-23(17-35)7-11-25/h4-15,21H,18H2,1-3H3. The Bertz CT molecular complexity index is 1750. The van der Waals surface area contributed by atoms with E-state index in [4.69, 9.17) is 29.5 Å². The number of hydrogen-bond donors (Lipinski definition) is 0. The maximum Gasteiger partial charge on any atom is 0.343 e. The summed E-state index contributed by atoms with van der Waals surface area (Å²) in [6.45, 7) is 5.79. The summed E-state index contributed by atoms with van der Waals surface area (Å²) in [6, 6.07) is 23.3. The Morgan fingerprint density at radius 3 is 1.63 bits per heavy atom. The van der Waals surface area contributed by atoms with Crippen molar-refractivity contribution in [3.63, 3.8) is 0 Å². The van der Waals surface area contributed by atoms with E-state index in [0.717, 1.165) is 11.1 Å². The predicted octanol–water partition coefficient (Wildman–Crippen LogP) is 6.31. The Kier molecular flexibility index (Phi) is 7.41. The van der Waals surface area contributed by atoms with Crippen molar-refractivity contribution in [2.45, 2.75) is 26.9 Å². The molecule has 41 heavy (non-hydrogen) atoms. The number of rotatable bonds is 4. The highest BCUT2D eigenvalue weighted by Crippen LogP contribution is 2.50. The molecule has 0 amide bonds. The summed E-state index contributed by atoms with van der Waals surface area (Å²) in [5, 5.41) is 18.2. The second kappa shape index (κ2) is 11.3. The van der Waals surface area contributed by atoms with Crippen LogP contribution in [-0.4, -0.2) is 24.6 Å². The van der Waals surface area contributed by atoms with Gasteiger partial charge in [-0.3, -0.25) is 0 Å². The van der Waals surface area contributed by atoms with E-state index in [-0.39, 0.29) is 35.3 Å². The molecule has 4 aromatic carbocycles. The van der Waals surface area contributed by atoms with E-state index in [1.165, 1.54) is 48.5 Å². The molecule has 1 heterocycles. The molecule has 1 atom stereocenters. The van der Waals surface area contributed by atoms with Gasteiger partial charge in [0, 0.05) is 0 Å². The Morgan fingerprint density at radius 2 is 1.17 bits per heavy atom. The predicted molar refractivity (Wildman–Crippen MR) is 149 cm³/mol. The fourth-order valence-corrected chi connectivity index (χ4v) is 4.44. The molecule has 0 spiro atoms. The zero-order chi connectivity index (χ0) is 29.1. The molecule has 0 saturated carbocycles. The van der Waals surface area contributed by atoms with Crippen LogP contribution >= 0.6 is 0 Å². The van der Waals surface area contributed by atoms with Crippen molar-refractivity contribution in [2.24, 2.45) is 0 Å². The van der Waals surface area contributed by atoms with Crippen LogP contribution in [0.25, 0.3) is 11.1 Å². The summed E-state index contributed by atoms with van der Waals surface area (Å²) < 4.78 is 24.1. The lowest BCUT2D eigenvalue weighted by atomic mass is 9.97. The van der Waals surface area contributed by atoms with Gasteiger partial charge >= 0.3 is 11.9 Å². The van der Waals surface area contributed by atoms with E-state index in [1.54, 1.807) is 12.1 Å². The van der Waals surface area contributed by atoms with E-state index < -0.39 is 11.9 Å². The molecule has 202 valence electrons. The lowest BCUT2D eigenvalue weighted by Gasteiger charge is -2.27. The maximum atomic E-state index is 13.2. The average molecular weight is 545 g/mol. The number of esters is 2. The van der Waals surface area contributed by atoms with Crippen LogP contribution in [-0.2, 0) is 0 Å². The molecule has 4 aromatic rings. The van der Waals surface area contributed by atoms with Crippen LogP contribution < -0.4 is 18.9 Å². The summed E-state index contributed by atoms with van der Waals surface area (Å²) in [7, 11) is 0. The topological polar surface area (TPSA) is 119 Å². The third-order valence-corrected chi connectivity index (χ3v) is 6.38. The highest BCUT2D eigenvalue weighted by atomic mass is 16.6. The molecule has 0 fully saturated rings. The molecule has 1 unspecified atom stereocenters. The second-order valence-corrected chi connectivity index (χ2v) is 9.67. The van der Waals surface area contributed by atoms with Crippen molar-refractivity contribution in [1.82, 2.24) is 0 Å². The highest BCUT2D eigenvalue weighted by Gasteiger charge is 2.29. The van der Waals surface area contributed by atoms with Crippen molar-refractivity contribution in [3.05, 3.63) is 106 Å². The first kappa shape index (κ1) is 27.0. The van der Waals surface area contributed by atoms with E-state index in [9.17, 15) is 9.59 Å². The number of benzene rings is 4. The van der Waals surface area contributed by atoms with Gasteiger partial charge in [0.1, 0.15) is 35.7 Å². The number of nitriles is 2. The van der Waals surface area contributed by atoms with Crippen LogP contribution in [0.3, 0.4) is 0 Å². The highest BCUT2D eigenvalue weighted by molar-refractivity contribution is 5.96. The van der Waals surface area contributed by atoms with Crippen LogP contribution in [0.1, 0.15) is 49.9 Å². The first-order valence-corrected chi connectivity index (χ1v) is 12.8. The minimum absolute atomic E-state index is 0.188. The first-order valence-electron chi connectivity index (χ1n) is 12.8. The third kappa shape index (κ3) is 5.73. The molecule has 1 aliphatic heterocycles. The maximum absolute atomic E-state index is 13.2. The van der Waals surface area contributed by atoms with E-state index in [0.29, 0.717) is 33.8 Å². The molecule has 0 saturated heterocycles. The molecule has 5 rings (SSSR count). The Hall–Kier alpha value is -5.60. The fourth-order valence-electron chi connectivity index (χ4n) is 4.44. The quantitative estimate of drug-likeness (QED) is 0.217.